The first-order chi connectivity index (χ1) is 9.51. The number of urea groups is 2. The van der Waals surface area contributed by atoms with Crippen molar-refractivity contribution in [2.24, 2.45) is 0 Å². The third kappa shape index (κ3) is 6.36. The second-order valence-corrected chi connectivity index (χ2v) is 4.57. The van der Waals surface area contributed by atoms with Crippen LogP contribution in [-0.2, 0) is 11.2 Å². The summed E-state index contributed by atoms with van der Waals surface area (Å²) >= 11 is 1.80. The van der Waals surface area contributed by atoms with E-state index in [4.69, 9.17) is 5.11 Å². The number of carbonyl (C=O) groups excluding carboxylic acids is 3. The Labute approximate surface area is 129 Å². The first-order valence-electron chi connectivity index (χ1n) is 5.74. The fraction of sp³-hybridized carbons (Fsp3) is 0.250. The summed E-state index contributed by atoms with van der Waals surface area (Å²) in [5.74, 6) is -0.295. The highest BCUT2D eigenvalue weighted by Gasteiger charge is 2.09. The molecule has 0 spiro atoms. The topological polar surface area (TPSA) is 108 Å². The van der Waals surface area contributed by atoms with Crippen LogP contribution in [0.5, 0.6) is 5.75 Å². The van der Waals surface area contributed by atoms with Crippen molar-refractivity contribution in [3.63, 3.8) is 0 Å². The molecule has 1 aromatic carbocycles. The summed E-state index contributed by atoms with van der Waals surface area (Å²) in [4.78, 5) is 33.4. The van der Waals surface area contributed by atoms with Crippen LogP contribution in [0.1, 0.15) is 5.56 Å². The molecule has 0 aliphatic heterocycles. The van der Waals surface area contributed by atoms with Crippen LogP contribution in [0.2, 0.25) is 0 Å². The van der Waals surface area contributed by atoms with Gasteiger partial charge in [-0.3, -0.25) is 15.4 Å². The zero-order valence-corrected chi connectivity index (χ0v) is 12.6. The lowest BCUT2D eigenvalue weighted by atomic mass is 10.1. The van der Waals surface area contributed by atoms with Gasteiger partial charge in [0, 0.05) is 6.54 Å². The molecule has 0 heterocycles. The molecule has 1 aromatic rings. The number of carbonyl (C=O) groups is 3. The molecule has 0 unspecified atom stereocenters. The van der Waals surface area contributed by atoms with E-state index in [1.165, 1.54) is 0 Å². The minimum absolute atomic E-state index is 0.133. The molecular weight excluding hydrogens is 377 g/mol. The largest absolute Gasteiger partial charge is 0.508 e. The normalized spacial score (nSPS) is 9.65. The van der Waals surface area contributed by atoms with Crippen molar-refractivity contribution >= 4 is 40.6 Å². The molecule has 8 heteroatoms. The molecule has 0 aliphatic rings. The number of rotatable bonds is 4. The highest BCUT2D eigenvalue weighted by Crippen LogP contribution is 2.09. The number of hydrogen-bond donors (Lipinski definition) is 4. The lowest BCUT2D eigenvalue weighted by Gasteiger charge is -2.07. The fourth-order valence-electron chi connectivity index (χ4n) is 1.32. The summed E-state index contributed by atoms with van der Waals surface area (Å²) in [6.07, 6.45) is 0.558. The number of benzene rings is 1. The third-order valence-electron chi connectivity index (χ3n) is 2.24. The molecule has 0 fully saturated rings. The van der Waals surface area contributed by atoms with Gasteiger partial charge in [0.25, 0.3) is 0 Å². The number of alkyl halides is 1. The van der Waals surface area contributed by atoms with Crippen molar-refractivity contribution in [3.8, 4) is 5.75 Å². The Morgan fingerprint density at radius 3 is 2.30 bits per heavy atom. The smallest absolute Gasteiger partial charge is 0.329 e. The van der Waals surface area contributed by atoms with Crippen LogP contribution in [-0.4, -0.2) is 34.0 Å². The maximum absolute atomic E-state index is 11.3. The van der Waals surface area contributed by atoms with Gasteiger partial charge in [-0.05, 0) is 24.1 Å². The Hall–Kier alpha value is -1.84. The molecule has 7 nitrogen and oxygen atoms in total. The molecule has 4 N–H and O–H groups in total. The summed E-state index contributed by atoms with van der Waals surface area (Å²) in [5.41, 5.74) is 0.938. The molecule has 0 saturated carbocycles. The minimum Gasteiger partial charge on any atom is -0.508 e. The number of phenolic OH excluding ortho intramolecular Hbond substituents is 1. The van der Waals surface area contributed by atoms with Gasteiger partial charge in [0.1, 0.15) is 5.75 Å². The zero-order chi connectivity index (χ0) is 15.0. The highest BCUT2D eigenvalue weighted by atomic mass is 127. The maximum atomic E-state index is 11.3. The summed E-state index contributed by atoms with van der Waals surface area (Å²) in [6.45, 7) is 0.324. The van der Waals surface area contributed by atoms with Crippen molar-refractivity contribution in [2.75, 3.05) is 11.0 Å². The number of amides is 5. The quantitative estimate of drug-likeness (QED) is 0.452. The van der Waals surface area contributed by atoms with Gasteiger partial charge in [-0.15, -0.1) is 0 Å². The van der Waals surface area contributed by atoms with Crippen molar-refractivity contribution in [1.82, 2.24) is 16.0 Å². The van der Waals surface area contributed by atoms with E-state index in [-0.39, 0.29) is 10.2 Å². The van der Waals surface area contributed by atoms with Crippen molar-refractivity contribution in [2.45, 2.75) is 6.42 Å². The molecule has 20 heavy (non-hydrogen) atoms. The number of imide groups is 2. The molecule has 1 rings (SSSR count). The fourth-order valence-corrected chi connectivity index (χ4v) is 1.51. The van der Waals surface area contributed by atoms with Gasteiger partial charge in [-0.25, -0.2) is 9.59 Å². The second-order valence-electron chi connectivity index (χ2n) is 3.81. The third-order valence-corrected chi connectivity index (χ3v) is 2.93. The van der Waals surface area contributed by atoms with Gasteiger partial charge in [-0.1, -0.05) is 34.7 Å². The standard InChI is InChI=1S/C12H14IN3O4/c13-7-10(18)15-12(20)16-11(19)14-6-5-8-1-3-9(17)4-2-8/h1-4,17H,5-7H2,(H3,14,15,16,18,19,20). The van der Waals surface area contributed by atoms with E-state index >= 15 is 0 Å². The summed E-state index contributed by atoms with van der Waals surface area (Å²) in [7, 11) is 0. The molecule has 0 radical (unpaired) electrons. The average Bonchev–Trinajstić information content (AvgIpc) is 2.40. The van der Waals surface area contributed by atoms with Gasteiger partial charge in [0.05, 0.1) is 4.43 Å². The first kappa shape index (κ1) is 16.2. The monoisotopic (exact) mass is 391 g/mol. The number of phenols is 1. The van der Waals surface area contributed by atoms with Gasteiger partial charge >= 0.3 is 12.1 Å². The van der Waals surface area contributed by atoms with E-state index < -0.39 is 18.0 Å². The Kier molecular flexibility index (Phi) is 6.77. The van der Waals surface area contributed by atoms with E-state index in [9.17, 15) is 14.4 Å². The van der Waals surface area contributed by atoms with Crippen LogP contribution >= 0.6 is 22.6 Å². The van der Waals surface area contributed by atoms with Crippen molar-refractivity contribution in [1.29, 1.82) is 0 Å². The minimum atomic E-state index is -0.853. The van der Waals surface area contributed by atoms with Crippen LogP contribution in [0.4, 0.5) is 9.59 Å². The number of hydrogen-bond acceptors (Lipinski definition) is 4. The molecular formula is C12H14IN3O4. The molecule has 0 aromatic heterocycles. The number of halogens is 1. The van der Waals surface area contributed by atoms with Gasteiger partial charge in [0.15, 0.2) is 0 Å². The molecule has 5 amide bonds. The SMILES string of the molecule is O=C(CI)NC(=O)NC(=O)NCCc1ccc(O)cc1. The van der Waals surface area contributed by atoms with Crippen LogP contribution in [0, 0.1) is 0 Å². The lowest BCUT2D eigenvalue weighted by Crippen LogP contribution is -2.47. The van der Waals surface area contributed by atoms with E-state index in [1.54, 1.807) is 46.9 Å². The summed E-state index contributed by atoms with van der Waals surface area (Å²) < 4.78 is 0.133. The predicted molar refractivity (Wildman–Crippen MR) is 80.8 cm³/mol. The van der Waals surface area contributed by atoms with Crippen molar-refractivity contribution in [3.05, 3.63) is 29.8 Å². The van der Waals surface area contributed by atoms with Crippen LogP contribution in [0.3, 0.4) is 0 Å². The van der Waals surface area contributed by atoms with E-state index in [2.05, 4.69) is 5.32 Å². The summed E-state index contributed by atoms with van der Waals surface area (Å²) in [6, 6.07) is 5.05. The van der Waals surface area contributed by atoms with E-state index in [0.717, 1.165) is 5.56 Å². The molecule has 0 atom stereocenters. The predicted octanol–water partition coefficient (Wildman–Crippen LogP) is 0.905. The van der Waals surface area contributed by atoms with Gasteiger partial charge < -0.3 is 10.4 Å². The number of nitrogens with one attached hydrogen (secondary N) is 3. The average molecular weight is 391 g/mol. The molecule has 0 saturated heterocycles. The van der Waals surface area contributed by atoms with Gasteiger partial charge in [0.2, 0.25) is 5.91 Å². The van der Waals surface area contributed by atoms with Crippen LogP contribution < -0.4 is 16.0 Å². The highest BCUT2D eigenvalue weighted by molar-refractivity contribution is 14.1. The Bertz CT molecular complexity index is 490. The maximum Gasteiger partial charge on any atom is 0.329 e. The lowest BCUT2D eigenvalue weighted by molar-refractivity contribution is -0.117. The second kappa shape index (κ2) is 8.35. The Morgan fingerprint density at radius 1 is 1.05 bits per heavy atom. The number of aromatic hydroxyl groups is 1. The van der Waals surface area contributed by atoms with Gasteiger partial charge in [-0.2, -0.15) is 0 Å². The van der Waals surface area contributed by atoms with E-state index in [0.29, 0.717) is 13.0 Å². The Balaban J connectivity index is 2.24. The first-order valence-corrected chi connectivity index (χ1v) is 7.26. The van der Waals surface area contributed by atoms with Crippen molar-refractivity contribution < 1.29 is 19.5 Å². The Morgan fingerprint density at radius 2 is 1.70 bits per heavy atom. The van der Waals surface area contributed by atoms with Crippen LogP contribution in [0.15, 0.2) is 24.3 Å². The summed E-state index contributed by atoms with van der Waals surface area (Å²) in [5, 5.41) is 15.6. The van der Waals surface area contributed by atoms with E-state index in [1.807, 2.05) is 10.6 Å². The zero-order valence-electron chi connectivity index (χ0n) is 10.5. The molecule has 0 aliphatic carbocycles. The van der Waals surface area contributed by atoms with Crippen LogP contribution in [0.25, 0.3) is 0 Å². The molecule has 108 valence electrons. The molecule has 0 bridgehead atoms.